The molecule has 17 heavy (non-hydrogen) atoms. The number of amides is 2. The Morgan fingerprint density at radius 1 is 1.06 bits per heavy atom. The molecule has 1 aliphatic heterocycles. The van der Waals surface area contributed by atoms with Gasteiger partial charge in [0.25, 0.3) is 0 Å². The summed E-state index contributed by atoms with van der Waals surface area (Å²) in [4.78, 5) is 22.7. The van der Waals surface area contributed by atoms with E-state index in [4.69, 9.17) is 0 Å². The zero-order chi connectivity index (χ0) is 13.3. The number of nitrogens with one attached hydrogen (secondary N) is 2. The lowest BCUT2D eigenvalue weighted by Gasteiger charge is -2.43. The molecule has 1 saturated heterocycles. The number of carbonyl (C=O) groups is 2. The molecule has 0 atom stereocenters. The first kappa shape index (κ1) is 14.0. The van der Waals surface area contributed by atoms with Crippen LogP contribution in [0.25, 0.3) is 0 Å². The average molecular weight is 242 g/mol. The number of likely N-dealkylation sites (N-methyl/N-ethyl adjacent to an activating group) is 1. The largest absolute Gasteiger partial charge is 0.351 e. The summed E-state index contributed by atoms with van der Waals surface area (Å²) in [6.45, 7) is 8.64. The molecule has 1 heterocycles. The summed E-state index contributed by atoms with van der Waals surface area (Å²) in [5.41, 5.74) is 0.171. The molecule has 5 nitrogen and oxygen atoms in total. The maximum absolute atomic E-state index is 11.5. The van der Waals surface area contributed by atoms with Crippen molar-refractivity contribution in [3.8, 4) is 0 Å². The van der Waals surface area contributed by atoms with Crippen LogP contribution in [-0.4, -0.2) is 36.0 Å². The molecule has 1 fully saturated rings. The number of carbonyl (C=O) groups excluding carboxylic acids is 2. The summed E-state index contributed by atoms with van der Waals surface area (Å²) in [6, 6.07) is 0.0646. The summed E-state index contributed by atoms with van der Waals surface area (Å²) in [5.74, 6) is -1.11. The molecule has 0 unspecified atom stereocenters. The summed E-state index contributed by atoms with van der Waals surface area (Å²) in [6.07, 6.45) is 1.75. The number of hydrogen-bond donors (Lipinski definition) is 3. The van der Waals surface area contributed by atoms with Gasteiger partial charge in [-0.3, -0.25) is 9.59 Å². The highest BCUT2D eigenvalue weighted by Crippen LogP contribution is 2.21. The second kappa shape index (κ2) is 4.64. The van der Waals surface area contributed by atoms with Gasteiger partial charge in [-0.1, -0.05) is 0 Å². The van der Waals surface area contributed by atoms with Crippen molar-refractivity contribution in [3.05, 3.63) is 0 Å². The van der Waals surface area contributed by atoms with Gasteiger partial charge in [0, 0.05) is 25.9 Å². The van der Waals surface area contributed by atoms with Gasteiger partial charge in [-0.25, -0.2) is 0 Å². The van der Waals surface area contributed by atoms with Crippen molar-refractivity contribution in [2.45, 2.75) is 57.7 Å². The fraction of sp³-hybridized carbons (Fsp3) is 0.833. The number of hydrogen-bond acceptors (Lipinski definition) is 2. The Balaban J connectivity index is 2.66. The van der Waals surface area contributed by atoms with Crippen LogP contribution in [0.15, 0.2) is 0 Å². The van der Waals surface area contributed by atoms with Gasteiger partial charge >= 0.3 is 11.8 Å². The topological polar surface area (TPSA) is 74.8 Å². The normalized spacial score (nSPS) is 22.9. The van der Waals surface area contributed by atoms with Gasteiger partial charge in [0.1, 0.15) is 0 Å². The molecule has 0 aromatic heterocycles. The highest BCUT2D eigenvalue weighted by Gasteiger charge is 2.42. The van der Waals surface area contributed by atoms with E-state index in [1.165, 1.54) is 7.05 Å². The second-order valence-corrected chi connectivity index (χ2v) is 6.28. The Labute approximate surface area is 103 Å². The summed E-state index contributed by atoms with van der Waals surface area (Å²) in [7, 11) is 1.46. The van der Waals surface area contributed by atoms with Crippen molar-refractivity contribution in [1.82, 2.24) is 10.6 Å². The lowest BCUT2D eigenvalue weighted by molar-refractivity contribution is -0.787. The average Bonchev–Trinajstić information content (AvgIpc) is 2.11. The van der Waals surface area contributed by atoms with E-state index >= 15 is 0 Å². The van der Waals surface area contributed by atoms with E-state index in [-0.39, 0.29) is 17.1 Å². The van der Waals surface area contributed by atoms with Crippen LogP contribution < -0.4 is 16.0 Å². The summed E-state index contributed by atoms with van der Waals surface area (Å²) >= 11 is 0. The van der Waals surface area contributed by atoms with Crippen LogP contribution in [0.4, 0.5) is 0 Å². The molecule has 0 spiro atoms. The first-order chi connectivity index (χ1) is 7.65. The van der Waals surface area contributed by atoms with Gasteiger partial charge in [-0.2, -0.15) is 0 Å². The molecular weight excluding hydrogens is 218 g/mol. The fourth-order valence-corrected chi connectivity index (χ4v) is 2.98. The molecule has 98 valence electrons. The SMILES string of the molecule is CNC(=O)C(=O)NC1CC(C)(C)[NH2+]C(C)(C)C1. The smallest absolute Gasteiger partial charge is 0.309 e. The molecule has 0 saturated carbocycles. The number of piperidine rings is 1. The molecule has 5 heteroatoms. The highest BCUT2D eigenvalue weighted by molar-refractivity contribution is 6.35. The number of rotatable bonds is 1. The lowest BCUT2D eigenvalue weighted by atomic mass is 9.79. The van der Waals surface area contributed by atoms with Crippen molar-refractivity contribution in [2.75, 3.05) is 7.05 Å². The maximum Gasteiger partial charge on any atom is 0.309 e. The van der Waals surface area contributed by atoms with E-state index in [0.29, 0.717) is 0 Å². The van der Waals surface area contributed by atoms with Crippen LogP contribution in [-0.2, 0) is 9.59 Å². The molecule has 1 aliphatic rings. The first-order valence-electron chi connectivity index (χ1n) is 6.05. The van der Waals surface area contributed by atoms with Gasteiger partial charge in [0.2, 0.25) is 0 Å². The third-order valence-electron chi connectivity index (χ3n) is 3.09. The van der Waals surface area contributed by atoms with Gasteiger partial charge in [-0.05, 0) is 27.7 Å². The third-order valence-corrected chi connectivity index (χ3v) is 3.09. The predicted octanol–water partition coefficient (Wildman–Crippen LogP) is -0.868. The van der Waals surface area contributed by atoms with Crippen LogP contribution in [0.5, 0.6) is 0 Å². The van der Waals surface area contributed by atoms with Gasteiger partial charge in [-0.15, -0.1) is 0 Å². The van der Waals surface area contributed by atoms with Crippen molar-refractivity contribution >= 4 is 11.8 Å². The van der Waals surface area contributed by atoms with Gasteiger partial charge in [0.05, 0.1) is 11.1 Å². The van der Waals surface area contributed by atoms with Crippen LogP contribution in [0.1, 0.15) is 40.5 Å². The second-order valence-electron chi connectivity index (χ2n) is 6.28. The lowest BCUT2D eigenvalue weighted by Crippen LogP contribution is -3.06. The fourth-order valence-electron chi connectivity index (χ4n) is 2.98. The zero-order valence-electron chi connectivity index (χ0n) is 11.4. The van der Waals surface area contributed by atoms with Crippen molar-refractivity contribution in [3.63, 3.8) is 0 Å². The first-order valence-corrected chi connectivity index (χ1v) is 6.05. The molecule has 4 N–H and O–H groups in total. The van der Waals surface area contributed by atoms with Crippen molar-refractivity contribution in [2.24, 2.45) is 0 Å². The summed E-state index contributed by atoms with van der Waals surface area (Å²) in [5, 5.41) is 7.48. The van der Waals surface area contributed by atoms with Crippen LogP contribution in [0, 0.1) is 0 Å². The molecule has 2 amide bonds. The predicted molar refractivity (Wildman–Crippen MR) is 65.3 cm³/mol. The third kappa shape index (κ3) is 4.00. The Bertz CT molecular complexity index is 308. The standard InChI is InChI=1S/C12H23N3O2/c1-11(2)6-8(7-12(3,4)15-11)14-10(17)9(16)13-5/h8,15H,6-7H2,1-5H3,(H,13,16)(H,14,17)/p+1. The minimum absolute atomic E-state index is 0.0646. The molecule has 0 bridgehead atoms. The van der Waals surface area contributed by atoms with Crippen LogP contribution in [0.2, 0.25) is 0 Å². The van der Waals surface area contributed by atoms with Gasteiger partial charge in [0.15, 0.2) is 0 Å². The number of quaternary nitrogens is 1. The highest BCUT2D eigenvalue weighted by atomic mass is 16.2. The minimum Gasteiger partial charge on any atom is -0.351 e. The van der Waals surface area contributed by atoms with E-state index in [0.717, 1.165) is 12.8 Å². The van der Waals surface area contributed by atoms with E-state index in [1.54, 1.807) is 0 Å². The van der Waals surface area contributed by atoms with E-state index in [2.05, 4.69) is 43.6 Å². The summed E-state index contributed by atoms with van der Waals surface area (Å²) < 4.78 is 0. The Morgan fingerprint density at radius 2 is 1.53 bits per heavy atom. The van der Waals surface area contributed by atoms with E-state index in [9.17, 15) is 9.59 Å². The monoisotopic (exact) mass is 242 g/mol. The molecule has 0 aromatic rings. The van der Waals surface area contributed by atoms with Crippen molar-refractivity contribution in [1.29, 1.82) is 0 Å². The Morgan fingerprint density at radius 3 is 1.94 bits per heavy atom. The van der Waals surface area contributed by atoms with Gasteiger partial charge < -0.3 is 16.0 Å². The zero-order valence-corrected chi connectivity index (χ0v) is 11.4. The van der Waals surface area contributed by atoms with E-state index in [1.807, 2.05) is 0 Å². The van der Waals surface area contributed by atoms with Crippen LogP contribution in [0.3, 0.4) is 0 Å². The molecular formula is C12H24N3O2+. The minimum atomic E-state index is -0.574. The quantitative estimate of drug-likeness (QED) is 0.523. The molecule has 0 aliphatic carbocycles. The molecule has 0 aromatic carbocycles. The molecule has 1 rings (SSSR count). The van der Waals surface area contributed by atoms with E-state index < -0.39 is 11.8 Å². The van der Waals surface area contributed by atoms with Crippen LogP contribution >= 0.6 is 0 Å². The Kier molecular flexibility index (Phi) is 3.81. The number of nitrogens with two attached hydrogens (primary N) is 1. The van der Waals surface area contributed by atoms with Crippen molar-refractivity contribution < 1.29 is 14.9 Å². The molecule has 0 radical (unpaired) electrons. The maximum atomic E-state index is 11.5. The Hall–Kier alpha value is -1.10.